The predicted octanol–water partition coefficient (Wildman–Crippen LogP) is 5.24. The molecule has 0 spiro atoms. The molecule has 0 radical (unpaired) electrons. The summed E-state index contributed by atoms with van der Waals surface area (Å²) in [6, 6.07) is 20.6. The SMILES string of the molecule is CC(C)(C)OC(=O)N[C@@H]1CCCN(C2CC(c3ccccc3)CC2Oc2ccccc2C#N)C1. The van der Waals surface area contributed by atoms with Crippen LogP contribution in [0.1, 0.15) is 63.5 Å². The normalized spacial score (nSPS) is 25.4. The molecule has 1 amide bonds. The Kier molecular flexibility index (Phi) is 7.43. The monoisotopic (exact) mass is 461 g/mol. The number of piperidine rings is 1. The summed E-state index contributed by atoms with van der Waals surface area (Å²) in [4.78, 5) is 14.8. The Morgan fingerprint density at radius 1 is 1.09 bits per heavy atom. The van der Waals surface area contributed by atoms with E-state index in [9.17, 15) is 10.1 Å². The third-order valence-electron chi connectivity index (χ3n) is 6.67. The van der Waals surface area contributed by atoms with Crippen LogP contribution in [0.3, 0.4) is 0 Å². The molecule has 1 aliphatic carbocycles. The minimum absolute atomic E-state index is 0.0278. The number of nitrogens with one attached hydrogen (secondary N) is 1. The molecule has 3 unspecified atom stereocenters. The van der Waals surface area contributed by atoms with Gasteiger partial charge in [0.05, 0.1) is 5.56 Å². The predicted molar refractivity (Wildman–Crippen MR) is 132 cm³/mol. The average molecular weight is 462 g/mol. The zero-order chi connectivity index (χ0) is 24.1. The molecule has 1 saturated carbocycles. The minimum Gasteiger partial charge on any atom is -0.487 e. The second-order valence-electron chi connectivity index (χ2n) is 10.4. The van der Waals surface area contributed by atoms with E-state index in [2.05, 4.69) is 40.6 Å². The van der Waals surface area contributed by atoms with Crippen LogP contribution in [-0.2, 0) is 4.74 Å². The molecule has 0 aromatic heterocycles. The maximum Gasteiger partial charge on any atom is 0.407 e. The number of hydrogen-bond acceptors (Lipinski definition) is 5. The number of rotatable bonds is 5. The highest BCUT2D eigenvalue weighted by Crippen LogP contribution is 2.40. The van der Waals surface area contributed by atoms with E-state index in [1.807, 2.05) is 45.0 Å². The van der Waals surface area contributed by atoms with Gasteiger partial charge in [0.25, 0.3) is 0 Å². The van der Waals surface area contributed by atoms with Crippen molar-refractivity contribution in [3.05, 3.63) is 65.7 Å². The van der Waals surface area contributed by atoms with Crippen LogP contribution in [0.25, 0.3) is 0 Å². The number of benzene rings is 2. The van der Waals surface area contributed by atoms with Gasteiger partial charge in [-0.2, -0.15) is 5.26 Å². The van der Waals surface area contributed by atoms with Gasteiger partial charge in [0.15, 0.2) is 0 Å². The molecule has 2 aromatic carbocycles. The summed E-state index contributed by atoms with van der Waals surface area (Å²) in [6.07, 6.45) is 3.45. The summed E-state index contributed by atoms with van der Waals surface area (Å²) in [6.45, 7) is 7.37. The molecule has 180 valence electrons. The molecule has 0 bridgehead atoms. The summed E-state index contributed by atoms with van der Waals surface area (Å²) in [5.74, 6) is 1.04. The Balaban J connectivity index is 1.50. The number of nitrogens with zero attached hydrogens (tertiary/aromatic N) is 2. The van der Waals surface area contributed by atoms with Crippen LogP contribution in [0.5, 0.6) is 5.75 Å². The first-order chi connectivity index (χ1) is 16.3. The number of ether oxygens (including phenoxy) is 2. The Labute approximate surface area is 202 Å². The van der Waals surface area contributed by atoms with Gasteiger partial charge in [-0.25, -0.2) is 4.79 Å². The first-order valence-corrected chi connectivity index (χ1v) is 12.3. The van der Waals surface area contributed by atoms with Gasteiger partial charge < -0.3 is 14.8 Å². The lowest BCUT2D eigenvalue weighted by Crippen LogP contribution is -2.54. The molecule has 6 heteroatoms. The number of nitriles is 1. The summed E-state index contributed by atoms with van der Waals surface area (Å²) in [7, 11) is 0. The van der Waals surface area contributed by atoms with E-state index in [1.165, 1.54) is 5.56 Å². The number of alkyl carbamates (subject to hydrolysis) is 1. The molecule has 1 saturated heterocycles. The van der Waals surface area contributed by atoms with Gasteiger partial charge in [-0.05, 0) is 76.6 Å². The molecule has 2 aromatic rings. The second kappa shape index (κ2) is 10.5. The zero-order valence-corrected chi connectivity index (χ0v) is 20.4. The number of hydrogen-bond donors (Lipinski definition) is 1. The largest absolute Gasteiger partial charge is 0.487 e. The van der Waals surface area contributed by atoms with E-state index in [1.54, 1.807) is 6.07 Å². The van der Waals surface area contributed by atoms with Crippen molar-refractivity contribution in [1.82, 2.24) is 10.2 Å². The highest BCUT2D eigenvalue weighted by atomic mass is 16.6. The van der Waals surface area contributed by atoms with Gasteiger partial charge in [0, 0.05) is 18.6 Å². The number of carbonyl (C=O) groups is 1. The topological polar surface area (TPSA) is 74.6 Å². The molecule has 2 aliphatic rings. The van der Waals surface area contributed by atoms with Gasteiger partial charge >= 0.3 is 6.09 Å². The van der Waals surface area contributed by atoms with Gasteiger partial charge in [-0.3, -0.25) is 4.90 Å². The summed E-state index contributed by atoms with van der Waals surface area (Å²) in [5, 5.41) is 12.6. The van der Waals surface area contributed by atoms with Crippen LogP contribution in [0.15, 0.2) is 54.6 Å². The van der Waals surface area contributed by atoms with Crippen LogP contribution in [-0.4, -0.2) is 47.9 Å². The van der Waals surface area contributed by atoms with Gasteiger partial charge in [0.1, 0.15) is 23.5 Å². The molecule has 4 rings (SSSR count). The molecule has 6 nitrogen and oxygen atoms in total. The zero-order valence-electron chi connectivity index (χ0n) is 20.4. The second-order valence-corrected chi connectivity index (χ2v) is 10.4. The van der Waals surface area contributed by atoms with Gasteiger partial charge in [0.2, 0.25) is 0 Å². The van der Waals surface area contributed by atoms with Gasteiger partial charge in [-0.1, -0.05) is 42.5 Å². The molecule has 1 aliphatic heterocycles. The van der Waals surface area contributed by atoms with Crippen molar-refractivity contribution >= 4 is 6.09 Å². The number of amides is 1. The minimum atomic E-state index is -0.514. The van der Waals surface area contributed by atoms with Crippen LogP contribution in [0.4, 0.5) is 4.79 Å². The van der Waals surface area contributed by atoms with E-state index < -0.39 is 5.60 Å². The summed E-state index contributed by atoms with van der Waals surface area (Å²) >= 11 is 0. The van der Waals surface area contributed by atoms with E-state index in [0.717, 1.165) is 38.8 Å². The number of likely N-dealkylation sites (tertiary alicyclic amines) is 1. The number of para-hydroxylation sites is 1. The first-order valence-electron chi connectivity index (χ1n) is 12.3. The van der Waals surface area contributed by atoms with Crippen LogP contribution >= 0.6 is 0 Å². The molecule has 1 N–H and O–H groups in total. The summed E-state index contributed by atoms with van der Waals surface area (Å²) in [5.41, 5.74) is 1.37. The fourth-order valence-corrected chi connectivity index (χ4v) is 5.21. The molecule has 4 atom stereocenters. The van der Waals surface area contributed by atoms with E-state index >= 15 is 0 Å². The van der Waals surface area contributed by atoms with Crippen molar-refractivity contribution in [3.8, 4) is 11.8 Å². The van der Waals surface area contributed by atoms with Crippen molar-refractivity contribution in [3.63, 3.8) is 0 Å². The Morgan fingerprint density at radius 2 is 1.82 bits per heavy atom. The van der Waals surface area contributed by atoms with Crippen molar-refractivity contribution in [2.24, 2.45) is 0 Å². The fraction of sp³-hybridized carbons (Fsp3) is 0.500. The van der Waals surface area contributed by atoms with Crippen LogP contribution in [0.2, 0.25) is 0 Å². The highest BCUT2D eigenvalue weighted by Gasteiger charge is 2.41. The highest BCUT2D eigenvalue weighted by molar-refractivity contribution is 5.68. The smallest absolute Gasteiger partial charge is 0.407 e. The maximum absolute atomic E-state index is 12.4. The number of carbonyl (C=O) groups excluding carboxylic acids is 1. The average Bonchev–Trinajstić information content (AvgIpc) is 3.23. The van der Waals surface area contributed by atoms with Crippen molar-refractivity contribution in [1.29, 1.82) is 5.26 Å². The van der Waals surface area contributed by atoms with Crippen molar-refractivity contribution in [2.75, 3.05) is 13.1 Å². The van der Waals surface area contributed by atoms with Crippen LogP contribution < -0.4 is 10.1 Å². The van der Waals surface area contributed by atoms with E-state index in [0.29, 0.717) is 17.2 Å². The fourth-order valence-electron chi connectivity index (χ4n) is 5.21. The molecular formula is C28H35N3O3. The van der Waals surface area contributed by atoms with Crippen molar-refractivity contribution in [2.45, 2.75) is 76.2 Å². The maximum atomic E-state index is 12.4. The Hall–Kier alpha value is -3.04. The van der Waals surface area contributed by atoms with E-state index in [-0.39, 0.29) is 24.3 Å². The van der Waals surface area contributed by atoms with E-state index in [4.69, 9.17) is 9.47 Å². The van der Waals surface area contributed by atoms with Crippen molar-refractivity contribution < 1.29 is 14.3 Å². The molecular weight excluding hydrogens is 426 g/mol. The lowest BCUT2D eigenvalue weighted by atomic mass is 9.97. The van der Waals surface area contributed by atoms with Gasteiger partial charge in [-0.15, -0.1) is 0 Å². The quantitative estimate of drug-likeness (QED) is 0.659. The molecule has 1 heterocycles. The molecule has 2 fully saturated rings. The Bertz CT molecular complexity index is 1010. The Morgan fingerprint density at radius 3 is 2.56 bits per heavy atom. The lowest BCUT2D eigenvalue weighted by Gasteiger charge is -2.39. The standard InChI is InChI=1S/C28H35N3O3/c1-28(2,3)34-27(32)30-23-13-9-15-31(19-23)24-16-22(20-10-5-4-6-11-20)17-26(24)33-25-14-8-7-12-21(25)18-29/h4-8,10-12,14,22-24,26H,9,13,15-17,19H2,1-3H3,(H,30,32)/t22?,23-,24?,26?/m1/s1. The third-order valence-corrected chi connectivity index (χ3v) is 6.67. The summed E-state index contributed by atoms with van der Waals surface area (Å²) < 4.78 is 12.0. The third kappa shape index (κ3) is 6.09. The van der Waals surface area contributed by atoms with Crippen LogP contribution in [0, 0.1) is 11.3 Å². The first kappa shape index (κ1) is 24.1. The lowest BCUT2D eigenvalue weighted by molar-refractivity contribution is 0.0389. The molecule has 34 heavy (non-hydrogen) atoms.